The number of rotatable bonds is 7. The van der Waals surface area contributed by atoms with Gasteiger partial charge in [-0.3, -0.25) is 9.10 Å². The minimum atomic E-state index is -3.92. The standard InChI is InChI=1S/C25H28N2O3S/c1-18(2)21-11-13-22(14-12-21)26-25(28)17-27(24-15-10-19(3)16-20(24)4)31(29,30)23-8-6-5-7-9-23/h5-16,18H,17H2,1-4H3,(H,26,28). The average Bonchev–Trinajstić information content (AvgIpc) is 2.73. The Labute approximate surface area is 184 Å². The lowest BCUT2D eigenvalue weighted by molar-refractivity contribution is -0.114. The fourth-order valence-electron chi connectivity index (χ4n) is 3.39. The molecule has 0 aliphatic carbocycles. The maximum absolute atomic E-state index is 13.4. The second-order valence-electron chi connectivity index (χ2n) is 7.94. The summed E-state index contributed by atoms with van der Waals surface area (Å²) in [5, 5.41) is 2.82. The topological polar surface area (TPSA) is 66.5 Å². The summed E-state index contributed by atoms with van der Waals surface area (Å²) in [6.45, 7) is 7.67. The van der Waals surface area contributed by atoms with Gasteiger partial charge in [-0.2, -0.15) is 0 Å². The molecular formula is C25H28N2O3S. The molecule has 31 heavy (non-hydrogen) atoms. The molecule has 1 N–H and O–H groups in total. The van der Waals surface area contributed by atoms with Crippen LogP contribution in [0.5, 0.6) is 0 Å². The molecule has 6 heteroatoms. The Balaban J connectivity index is 1.92. The lowest BCUT2D eigenvalue weighted by atomic mass is 10.0. The molecule has 0 atom stereocenters. The summed E-state index contributed by atoms with van der Waals surface area (Å²) in [5.41, 5.74) is 4.09. The number of nitrogens with one attached hydrogen (secondary N) is 1. The number of hydrogen-bond acceptors (Lipinski definition) is 3. The molecule has 0 bridgehead atoms. The second-order valence-corrected chi connectivity index (χ2v) is 9.80. The van der Waals surface area contributed by atoms with Gasteiger partial charge in [-0.25, -0.2) is 8.42 Å². The molecule has 5 nitrogen and oxygen atoms in total. The Bertz CT molecular complexity index is 1160. The summed E-state index contributed by atoms with van der Waals surface area (Å²) in [4.78, 5) is 13.0. The zero-order chi connectivity index (χ0) is 22.6. The van der Waals surface area contributed by atoms with Crippen LogP contribution in [0.25, 0.3) is 0 Å². The molecule has 0 saturated carbocycles. The third kappa shape index (κ3) is 5.33. The van der Waals surface area contributed by atoms with Crippen molar-refractivity contribution in [2.24, 2.45) is 0 Å². The molecule has 0 aliphatic heterocycles. The summed E-state index contributed by atoms with van der Waals surface area (Å²) >= 11 is 0. The van der Waals surface area contributed by atoms with Gasteiger partial charge in [0, 0.05) is 5.69 Å². The summed E-state index contributed by atoms with van der Waals surface area (Å²) in [5.74, 6) is -0.0162. The monoisotopic (exact) mass is 436 g/mol. The van der Waals surface area contributed by atoms with Gasteiger partial charge in [0.25, 0.3) is 10.0 Å². The Morgan fingerprint density at radius 2 is 1.58 bits per heavy atom. The van der Waals surface area contributed by atoms with Crippen molar-refractivity contribution in [1.29, 1.82) is 0 Å². The van der Waals surface area contributed by atoms with E-state index in [1.807, 2.05) is 50.2 Å². The van der Waals surface area contributed by atoms with Crippen molar-refractivity contribution in [3.8, 4) is 0 Å². The van der Waals surface area contributed by atoms with Gasteiger partial charge in [-0.1, -0.05) is 61.9 Å². The first-order valence-electron chi connectivity index (χ1n) is 10.2. The Morgan fingerprint density at radius 1 is 0.935 bits per heavy atom. The number of sulfonamides is 1. The molecule has 0 heterocycles. The molecule has 0 radical (unpaired) electrons. The van der Waals surface area contributed by atoms with Crippen LogP contribution in [0.15, 0.2) is 77.7 Å². The number of amides is 1. The SMILES string of the molecule is Cc1ccc(N(CC(=O)Nc2ccc(C(C)C)cc2)S(=O)(=O)c2ccccc2)c(C)c1. The van der Waals surface area contributed by atoms with E-state index in [1.54, 1.807) is 24.3 Å². The van der Waals surface area contributed by atoms with Crippen LogP contribution in [-0.4, -0.2) is 20.9 Å². The van der Waals surface area contributed by atoms with Crippen molar-refractivity contribution >= 4 is 27.3 Å². The highest BCUT2D eigenvalue weighted by Gasteiger charge is 2.28. The van der Waals surface area contributed by atoms with Gasteiger partial charge in [0.15, 0.2) is 0 Å². The van der Waals surface area contributed by atoms with Gasteiger partial charge >= 0.3 is 0 Å². The summed E-state index contributed by atoms with van der Waals surface area (Å²) in [6, 6.07) is 21.3. The van der Waals surface area contributed by atoms with Crippen molar-refractivity contribution in [2.75, 3.05) is 16.2 Å². The van der Waals surface area contributed by atoms with Crippen LogP contribution in [0.2, 0.25) is 0 Å². The van der Waals surface area contributed by atoms with Gasteiger partial charge in [0.1, 0.15) is 6.54 Å². The van der Waals surface area contributed by atoms with E-state index in [0.717, 1.165) is 11.1 Å². The van der Waals surface area contributed by atoms with E-state index in [0.29, 0.717) is 17.3 Å². The number of anilines is 2. The number of hydrogen-bond donors (Lipinski definition) is 1. The molecule has 3 aromatic carbocycles. The van der Waals surface area contributed by atoms with E-state index < -0.39 is 15.9 Å². The maximum Gasteiger partial charge on any atom is 0.264 e. The van der Waals surface area contributed by atoms with Crippen molar-refractivity contribution in [3.63, 3.8) is 0 Å². The molecule has 0 fully saturated rings. The molecule has 0 aliphatic rings. The van der Waals surface area contributed by atoms with E-state index in [1.165, 1.54) is 22.0 Å². The summed E-state index contributed by atoms with van der Waals surface area (Å²) in [6.07, 6.45) is 0. The molecular weight excluding hydrogens is 408 g/mol. The van der Waals surface area contributed by atoms with Crippen LogP contribution in [0.1, 0.15) is 36.5 Å². The highest BCUT2D eigenvalue weighted by molar-refractivity contribution is 7.92. The molecule has 0 aromatic heterocycles. The van der Waals surface area contributed by atoms with Crippen LogP contribution in [-0.2, 0) is 14.8 Å². The van der Waals surface area contributed by atoms with Crippen molar-refractivity contribution in [1.82, 2.24) is 0 Å². The van der Waals surface area contributed by atoms with Gasteiger partial charge in [-0.05, 0) is 61.2 Å². The fourth-order valence-corrected chi connectivity index (χ4v) is 4.89. The maximum atomic E-state index is 13.4. The first kappa shape index (κ1) is 22.6. The van der Waals surface area contributed by atoms with Gasteiger partial charge in [0.05, 0.1) is 10.6 Å². The van der Waals surface area contributed by atoms with Crippen LogP contribution in [0.4, 0.5) is 11.4 Å². The van der Waals surface area contributed by atoms with Crippen LogP contribution in [0.3, 0.4) is 0 Å². The molecule has 3 aromatic rings. The Morgan fingerprint density at radius 3 is 2.16 bits per heavy atom. The fraction of sp³-hybridized carbons (Fsp3) is 0.240. The third-order valence-corrected chi connectivity index (χ3v) is 6.87. The molecule has 0 spiro atoms. The van der Waals surface area contributed by atoms with E-state index in [4.69, 9.17) is 0 Å². The van der Waals surface area contributed by atoms with Crippen molar-refractivity contribution < 1.29 is 13.2 Å². The zero-order valence-corrected chi connectivity index (χ0v) is 19.1. The van der Waals surface area contributed by atoms with Crippen LogP contribution >= 0.6 is 0 Å². The number of aryl methyl sites for hydroxylation is 2. The number of carbonyl (C=O) groups excluding carboxylic acids is 1. The third-order valence-electron chi connectivity index (χ3n) is 5.10. The van der Waals surface area contributed by atoms with Crippen molar-refractivity contribution in [2.45, 2.75) is 38.5 Å². The van der Waals surface area contributed by atoms with E-state index in [9.17, 15) is 13.2 Å². The minimum absolute atomic E-state index is 0.143. The van der Waals surface area contributed by atoms with E-state index in [2.05, 4.69) is 19.2 Å². The Hall–Kier alpha value is -3.12. The smallest absolute Gasteiger partial charge is 0.264 e. The quantitative estimate of drug-likeness (QED) is 0.549. The number of benzene rings is 3. The predicted molar refractivity (Wildman–Crippen MR) is 126 cm³/mol. The van der Waals surface area contributed by atoms with Gasteiger partial charge in [-0.15, -0.1) is 0 Å². The van der Waals surface area contributed by atoms with E-state index >= 15 is 0 Å². The zero-order valence-electron chi connectivity index (χ0n) is 18.3. The van der Waals surface area contributed by atoms with Gasteiger partial charge in [0.2, 0.25) is 5.91 Å². The number of nitrogens with zero attached hydrogens (tertiary/aromatic N) is 1. The predicted octanol–water partition coefficient (Wildman–Crippen LogP) is 5.26. The van der Waals surface area contributed by atoms with Crippen molar-refractivity contribution in [3.05, 3.63) is 89.5 Å². The highest BCUT2D eigenvalue weighted by atomic mass is 32.2. The van der Waals surface area contributed by atoms with Crippen LogP contribution < -0.4 is 9.62 Å². The minimum Gasteiger partial charge on any atom is -0.325 e. The molecule has 3 rings (SSSR count). The molecule has 162 valence electrons. The average molecular weight is 437 g/mol. The largest absolute Gasteiger partial charge is 0.325 e. The molecule has 0 saturated heterocycles. The van der Waals surface area contributed by atoms with E-state index in [-0.39, 0.29) is 11.4 Å². The summed E-state index contributed by atoms with van der Waals surface area (Å²) < 4.78 is 28.0. The van der Waals surface area contributed by atoms with Gasteiger partial charge < -0.3 is 5.32 Å². The highest BCUT2D eigenvalue weighted by Crippen LogP contribution is 2.27. The second kappa shape index (κ2) is 9.35. The normalized spacial score (nSPS) is 11.4. The lowest BCUT2D eigenvalue weighted by Crippen LogP contribution is -2.38. The Kier molecular flexibility index (Phi) is 6.81. The van der Waals surface area contributed by atoms with Crippen LogP contribution in [0, 0.1) is 13.8 Å². The molecule has 0 unspecified atom stereocenters. The number of carbonyl (C=O) groups is 1. The molecule has 1 amide bonds. The first-order valence-corrected chi connectivity index (χ1v) is 11.7. The summed E-state index contributed by atoms with van der Waals surface area (Å²) in [7, 11) is -3.92. The first-order chi connectivity index (χ1) is 14.7. The lowest BCUT2D eigenvalue weighted by Gasteiger charge is -2.26.